The molecule has 0 radical (unpaired) electrons. The van der Waals surface area contributed by atoms with Gasteiger partial charge in [0.15, 0.2) is 17.3 Å². The van der Waals surface area contributed by atoms with E-state index >= 15 is 0 Å². The number of carbonyl (C=O) groups excluding carboxylic acids is 1. The molecule has 0 bridgehead atoms. The third-order valence-electron chi connectivity index (χ3n) is 4.57. The monoisotopic (exact) mass is 343 g/mol. The number of aromatic amines is 1. The molecule has 4 rings (SSSR count). The topological polar surface area (TPSA) is 92.4 Å². The minimum absolute atomic E-state index is 0.0605. The number of aryl methyl sites for hydroxylation is 1. The van der Waals surface area contributed by atoms with E-state index in [-0.39, 0.29) is 18.7 Å². The summed E-state index contributed by atoms with van der Waals surface area (Å²) in [6.07, 6.45) is 1.96. The Morgan fingerprint density at radius 3 is 3.12 bits per heavy atom. The van der Waals surface area contributed by atoms with Gasteiger partial charge in [-0.2, -0.15) is 5.10 Å². The molecule has 8 nitrogen and oxygen atoms in total. The first-order valence-corrected chi connectivity index (χ1v) is 8.49. The van der Waals surface area contributed by atoms with Crippen LogP contribution in [0.15, 0.2) is 18.2 Å². The van der Waals surface area contributed by atoms with Crippen LogP contribution in [0.3, 0.4) is 0 Å². The number of carbonyl (C=O) groups is 1. The van der Waals surface area contributed by atoms with Crippen LogP contribution in [0.2, 0.25) is 0 Å². The number of aromatic nitrogens is 3. The average Bonchev–Trinajstić information content (AvgIpc) is 3.28. The van der Waals surface area contributed by atoms with Crippen molar-refractivity contribution in [1.82, 2.24) is 25.4 Å². The zero-order chi connectivity index (χ0) is 17.2. The molecule has 0 aliphatic carbocycles. The normalized spacial score (nSPS) is 19.1. The van der Waals surface area contributed by atoms with Crippen LogP contribution in [-0.2, 0) is 6.54 Å². The number of fused-ring (bicyclic) bond motifs is 1. The number of nitrogens with one attached hydrogen (secondary N) is 2. The minimum Gasteiger partial charge on any atom is -0.454 e. The van der Waals surface area contributed by atoms with Crippen molar-refractivity contribution in [2.45, 2.75) is 32.2 Å². The highest BCUT2D eigenvalue weighted by Gasteiger charge is 2.27. The lowest BCUT2D eigenvalue weighted by atomic mass is 9.98. The molecule has 1 aromatic heterocycles. The smallest absolute Gasteiger partial charge is 0.317 e. The average molecular weight is 343 g/mol. The maximum atomic E-state index is 12.5. The first kappa shape index (κ1) is 15.7. The molecule has 0 spiro atoms. The Bertz CT molecular complexity index is 775. The first-order chi connectivity index (χ1) is 12.2. The molecule has 0 saturated carbocycles. The van der Waals surface area contributed by atoms with E-state index in [1.165, 1.54) is 0 Å². The van der Waals surface area contributed by atoms with Gasteiger partial charge in [0.25, 0.3) is 0 Å². The fourth-order valence-corrected chi connectivity index (χ4v) is 3.26. The number of benzene rings is 1. The van der Waals surface area contributed by atoms with Crippen molar-refractivity contribution in [3.8, 4) is 11.5 Å². The molecule has 2 N–H and O–H groups in total. The molecule has 2 amide bonds. The van der Waals surface area contributed by atoms with Crippen LogP contribution in [-0.4, -0.2) is 46.0 Å². The van der Waals surface area contributed by atoms with Crippen LogP contribution in [0.25, 0.3) is 0 Å². The van der Waals surface area contributed by atoms with Gasteiger partial charge < -0.3 is 19.7 Å². The number of piperidine rings is 1. The van der Waals surface area contributed by atoms with E-state index in [0.29, 0.717) is 13.1 Å². The second-order valence-electron chi connectivity index (χ2n) is 6.41. The summed E-state index contributed by atoms with van der Waals surface area (Å²) in [6, 6.07) is 5.64. The van der Waals surface area contributed by atoms with Gasteiger partial charge >= 0.3 is 6.03 Å². The Morgan fingerprint density at radius 1 is 1.40 bits per heavy atom. The predicted molar refractivity (Wildman–Crippen MR) is 89.5 cm³/mol. The summed E-state index contributed by atoms with van der Waals surface area (Å²) < 4.78 is 10.7. The van der Waals surface area contributed by atoms with E-state index in [9.17, 15) is 4.79 Å². The summed E-state index contributed by atoms with van der Waals surface area (Å²) in [7, 11) is 0. The number of nitrogens with zero attached hydrogens (tertiary/aromatic N) is 3. The van der Waals surface area contributed by atoms with Crippen LogP contribution in [0, 0.1) is 6.92 Å². The molecule has 2 aliphatic heterocycles. The van der Waals surface area contributed by atoms with Gasteiger partial charge in [0.1, 0.15) is 5.82 Å². The fraction of sp³-hybridized carbons (Fsp3) is 0.471. The van der Waals surface area contributed by atoms with Crippen molar-refractivity contribution >= 4 is 6.03 Å². The van der Waals surface area contributed by atoms with E-state index in [2.05, 4.69) is 20.5 Å². The van der Waals surface area contributed by atoms with Crippen molar-refractivity contribution in [1.29, 1.82) is 0 Å². The summed E-state index contributed by atoms with van der Waals surface area (Å²) >= 11 is 0. The predicted octanol–water partition coefficient (Wildman–Crippen LogP) is 1.93. The molecular formula is C17H21N5O3. The molecule has 2 aliphatic rings. The van der Waals surface area contributed by atoms with Gasteiger partial charge in [0.05, 0.1) is 0 Å². The van der Waals surface area contributed by atoms with Gasteiger partial charge in [-0.1, -0.05) is 6.07 Å². The van der Waals surface area contributed by atoms with Gasteiger partial charge in [-0.15, -0.1) is 0 Å². The highest BCUT2D eigenvalue weighted by molar-refractivity contribution is 5.74. The highest BCUT2D eigenvalue weighted by Crippen LogP contribution is 2.32. The Morgan fingerprint density at radius 2 is 2.28 bits per heavy atom. The van der Waals surface area contributed by atoms with Gasteiger partial charge in [-0.3, -0.25) is 5.10 Å². The molecular weight excluding hydrogens is 322 g/mol. The number of rotatable bonds is 3. The van der Waals surface area contributed by atoms with Gasteiger partial charge in [-0.05, 0) is 37.5 Å². The lowest BCUT2D eigenvalue weighted by Crippen LogP contribution is -2.44. The second-order valence-corrected chi connectivity index (χ2v) is 6.41. The number of urea groups is 1. The summed E-state index contributed by atoms with van der Waals surface area (Å²) in [5, 5.41) is 10.1. The summed E-state index contributed by atoms with van der Waals surface area (Å²) in [5.41, 5.74) is 0.982. The van der Waals surface area contributed by atoms with Crippen molar-refractivity contribution in [2.24, 2.45) is 0 Å². The van der Waals surface area contributed by atoms with Crippen LogP contribution in [0.1, 0.15) is 36.0 Å². The second kappa shape index (κ2) is 6.62. The number of hydrogen-bond donors (Lipinski definition) is 2. The van der Waals surface area contributed by atoms with Crippen LogP contribution >= 0.6 is 0 Å². The number of ether oxygens (including phenoxy) is 2. The minimum atomic E-state index is -0.0605. The molecule has 132 valence electrons. The molecule has 1 unspecified atom stereocenters. The molecule has 3 heterocycles. The van der Waals surface area contributed by atoms with Crippen molar-refractivity contribution in [3.63, 3.8) is 0 Å². The van der Waals surface area contributed by atoms with Crippen LogP contribution in [0.4, 0.5) is 4.79 Å². The standard InChI is InChI=1S/C17H21N5O3/c1-11-19-16(21-20-11)13-3-2-6-22(9-13)17(23)18-8-12-4-5-14-15(7-12)25-10-24-14/h4-5,7,13H,2-3,6,8-10H2,1H3,(H,18,23)(H,19,20,21). The lowest BCUT2D eigenvalue weighted by molar-refractivity contribution is 0.173. The van der Waals surface area contributed by atoms with E-state index in [1.54, 1.807) is 0 Å². The molecule has 25 heavy (non-hydrogen) atoms. The molecule has 1 aromatic carbocycles. The number of hydrogen-bond acceptors (Lipinski definition) is 5. The van der Waals surface area contributed by atoms with Crippen molar-refractivity contribution in [3.05, 3.63) is 35.4 Å². The maximum absolute atomic E-state index is 12.5. The number of likely N-dealkylation sites (tertiary alicyclic amines) is 1. The zero-order valence-corrected chi connectivity index (χ0v) is 14.1. The van der Waals surface area contributed by atoms with Crippen LogP contribution < -0.4 is 14.8 Å². The summed E-state index contributed by atoms with van der Waals surface area (Å²) in [5.74, 6) is 3.26. The molecule has 2 aromatic rings. The SMILES string of the molecule is Cc1nc(C2CCCN(C(=O)NCc3ccc4c(c3)OCO4)C2)n[nH]1. The Kier molecular flexibility index (Phi) is 4.17. The maximum Gasteiger partial charge on any atom is 0.317 e. The molecule has 1 fully saturated rings. The fourth-order valence-electron chi connectivity index (χ4n) is 3.26. The van der Waals surface area contributed by atoms with Crippen molar-refractivity contribution < 1.29 is 14.3 Å². The van der Waals surface area contributed by atoms with Crippen LogP contribution in [0.5, 0.6) is 11.5 Å². The van der Waals surface area contributed by atoms with E-state index in [0.717, 1.165) is 48.1 Å². The van der Waals surface area contributed by atoms with E-state index in [4.69, 9.17) is 9.47 Å². The van der Waals surface area contributed by atoms with Gasteiger partial charge in [0.2, 0.25) is 6.79 Å². The van der Waals surface area contributed by atoms with E-state index < -0.39 is 0 Å². The Hall–Kier alpha value is -2.77. The summed E-state index contributed by atoms with van der Waals surface area (Å²) in [6.45, 7) is 3.99. The Balaban J connectivity index is 1.34. The van der Waals surface area contributed by atoms with Crippen molar-refractivity contribution in [2.75, 3.05) is 19.9 Å². The number of H-pyrrole nitrogens is 1. The van der Waals surface area contributed by atoms with Gasteiger partial charge in [-0.25, -0.2) is 9.78 Å². The lowest BCUT2D eigenvalue weighted by Gasteiger charge is -2.31. The molecule has 8 heteroatoms. The quantitative estimate of drug-likeness (QED) is 0.888. The Labute approximate surface area is 145 Å². The first-order valence-electron chi connectivity index (χ1n) is 8.49. The van der Waals surface area contributed by atoms with E-state index in [1.807, 2.05) is 30.0 Å². The molecule has 1 saturated heterocycles. The highest BCUT2D eigenvalue weighted by atomic mass is 16.7. The molecule has 1 atom stereocenters. The number of amides is 2. The largest absolute Gasteiger partial charge is 0.454 e. The summed E-state index contributed by atoms with van der Waals surface area (Å²) in [4.78, 5) is 18.7. The third-order valence-corrected chi connectivity index (χ3v) is 4.57. The third kappa shape index (κ3) is 3.38. The zero-order valence-electron chi connectivity index (χ0n) is 14.1. The van der Waals surface area contributed by atoms with Gasteiger partial charge in [0, 0.05) is 25.6 Å².